The highest BCUT2D eigenvalue weighted by atomic mass is 79.9. The van der Waals surface area contributed by atoms with Crippen LogP contribution in [0.1, 0.15) is 45.5 Å². The van der Waals surface area contributed by atoms with Crippen LogP contribution in [0.3, 0.4) is 0 Å². The van der Waals surface area contributed by atoms with Crippen LogP contribution in [0.15, 0.2) is 82.1 Å². The molecule has 0 radical (unpaired) electrons. The van der Waals surface area contributed by atoms with E-state index in [1.165, 1.54) is 12.1 Å². The molecule has 0 aliphatic carbocycles. The summed E-state index contributed by atoms with van der Waals surface area (Å²) in [6.45, 7) is 6.54. The molecule has 1 heterocycles. The van der Waals surface area contributed by atoms with Crippen LogP contribution >= 0.6 is 15.9 Å². The van der Waals surface area contributed by atoms with Crippen molar-refractivity contribution in [1.29, 1.82) is 0 Å². The van der Waals surface area contributed by atoms with Gasteiger partial charge < -0.3 is 10.2 Å². The molecule has 0 aliphatic heterocycles. The van der Waals surface area contributed by atoms with Crippen LogP contribution in [0.5, 0.6) is 0 Å². The van der Waals surface area contributed by atoms with Crippen LogP contribution in [0.25, 0.3) is 16.6 Å². The molecule has 0 saturated carbocycles. The molecule has 0 fully saturated rings. The van der Waals surface area contributed by atoms with Gasteiger partial charge in [0.1, 0.15) is 11.6 Å². The molecular formula is C29H30BrFN4O2. The first-order chi connectivity index (χ1) is 17.8. The summed E-state index contributed by atoms with van der Waals surface area (Å²) in [5.41, 5.74) is 1.11. The lowest BCUT2D eigenvalue weighted by Crippen LogP contribution is -2.41. The van der Waals surface area contributed by atoms with E-state index in [0.717, 1.165) is 10.9 Å². The lowest BCUT2D eigenvalue weighted by Gasteiger charge is -2.33. The minimum atomic E-state index is -0.536. The van der Waals surface area contributed by atoms with Crippen molar-refractivity contribution in [3.8, 4) is 5.69 Å². The van der Waals surface area contributed by atoms with Gasteiger partial charge in [0, 0.05) is 11.0 Å². The van der Waals surface area contributed by atoms with Crippen LogP contribution in [0.2, 0.25) is 0 Å². The van der Waals surface area contributed by atoms with Crippen LogP contribution in [-0.2, 0) is 0 Å². The number of urea groups is 1. The van der Waals surface area contributed by atoms with Gasteiger partial charge >= 0.3 is 6.03 Å². The molecule has 4 aromatic rings. The maximum atomic E-state index is 14.4. The minimum Gasteiger partial charge on any atom is -0.314 e. The molecule has 0 bridgehead atoms. The summed E-state index contributed by atoms with van der Waals surface area (Å²) in [6, 6.07) is 19.7. The van der Waals surface area contributed by atoms with E-state index in [0.29, 0.717) is 41.3 Å². The lowest BCUT2D eigenvalue weighted by molar-refractivity contribution is 0.176. The van der Waals surface area contributed by atoms with Crippen molar-refractivity contribution in [3.63, 3.8) is 0 Å². The average molecular weight is 565 g/mol. The number of benzene rings is 3. The van der Waals surface area contributed by atoms with Crippen LogP contribution in [-0.4, -0.2) is 27.0 Å². The zero-order valence-corrected chi connectivity index (χ0v) is 22.7. The van der Waals surface area contributed by atoms with Crippen molar-refractivity contribution in [2.75, 3.05) is 11.9 Å². The molecule has 0 aliphatic rings. The van der Waals surface area contributed by atoms with Crippen LogP contribution < -0.4 is 10.9 Å². The fraction of sp³-hybridized carbons (Fsp3) is 0.276. The average Bonchev–Trinajstić information content (AvgIpc) is 2.88. The Morgan fingerprint density at radius 2 is 1.73 bits per heavy atom. The normalized spacial score (nSPS) is 12.1. The first-order valence-corrected chi connectivity index (χ1v) is 13.2. The lowest BCUT2D eigenvalue weighted by atomic mass is 10.1. The molecule has 37 heavy (non-hydrogen) atoms. The number of halogens is 2. The standard InChI is InChI=1S/C29H30BrFN4O2/c1-4-26(34(18-17-19(2)3)29(37)33-25-12-8-6-10-23(25)31)27-32-24-11-7-5-9-22(24)28(36)35(27)21-15-13-20(30)14-16-21/h5-16,19,26H,4,17-18H2,1-3H3,(H,33,37). The quantitative estimate of drug-likeness (QED) is 0.244. The molecule has 1 atom stereocenters. The summed E-state index contributed by atoms with van der Waals surface area (Å²) in [4.78, 5) is 34.0. The molecule has 3 aromatic carbocycles. The monoisotopic (exact) mass is 564 g/mol. The second kappa shape index (κ2) is 11.7. The Kier molecular flexibility index (Phi) is 8.38. The van der Waals surface area contributed by atoms with Crippen molar-refractivity contribution < 1.29 is 9.18 Å². The number of nitrogens with one attached hydrogen (secondary N) is 1. The largest absolute Gasteiger partial charge is 0.322 e. The van der Waals surface area contributed by atoms with Crippen molar-refractivity contribution in [2.24, 2.45) is 5.92 Å². The van der Waals surface area contributed by atoms with Gasteiger partial charge in [-0.2, -0.15) is 0 Å². The Balaban J connectivity index is 1.87. The maximum Gasteiger partial charge on any atom is 0.322 e. The molecule has 192 valence electrons. The third-order valence-electron chi connectivity index (χ3n) is 6.27. The van der Waals surface area contributed by atoms with Crippen LogP contribution in [0, 0.1) is 11.7 Å². The number of para-hydroxylation sites is 2. The van der Waals surface area contributed by atoms with E-state index in [9.17, 15) is 14.0 Å². The molecule has 1 aromatic heterocycles. The molecule has 2 amide bonds. The maximum absolute atomic E-state index is 14.4. The molecule has 0 spiro atoms. The Hall–Kier alpha value is -3.52. The number of rotatable bonds is 8. The smallest absolute Gasteiger partial charge is 0.314 e. The number of aromatic nitrogens is 2. The zero-order valence-electron chi connectivity index (χ0n) is 21.1. The zero-order chi connectivity index (χ0) is 26.5. The Labute approximate surface area is 224 Å². The van der Waals surface area contributed by atoms with E-state index in [4.69, 9.17) is 4.98 Å². The summed E-state index contributed by atoms with van der Waals surface area (Å²) >= 11 is 3.46. The number of nitrogens with zero attached hydrogens (tertiary/aromatic N) is 3. The van der Waals surface area contributed by atoms with E-state index < -0.39 is 17.9 Å². The van der Waals surface area contributed by atoms with E-state index in [2.05, 4.69) is 35.1 Å². The van der Waals surface area contributed by atoms with Crippen LogP contribution in [0.4, 0.5) is 14.9 Å². The predicted octanol–water partition coefficient (Wildman–Crippen LogP) is 7.32. The van der Waals surface area contributed by atoms with E-state index in [1.807, 2.05) is 43.3 Å². The van der Waals surface area contributed by atoms with Gasteiger partial charge in [-0.25, -0.2) is 14.2 Å². The number of carbonyl (C=O) groups is 1. The molecule has 6 nitrogen and oxygen atoms in total. The molecule has 8 heteroatoms. The highest BCUT2D eigenvalue weighted by Gasteiger charge is 2.29. The van der Waals surface area contributed by atoms with Crippen molar-refractivity contribution in [1.82, 2.24) is 14.5 Å². The third kappa shape index (κ3) is 5.91. The highest BCUT2D eigenvalue weighted by molar-refractivity contribution is 9.10. The molecule has 0 saturated heterocycles. The summed E-state index contributed by atoms with van der Waals surface area (Å²) in [7, 11) is 0. The fourth-order valence-electron chi connectivity index (χ4n) is 4.30. The first-order valence-electron chi connectivity index (χ1n) is 12.4. The summed E-state index contributed by atoms with van der Waals surface area (Å²) in [6.07, 6.45) is 1.24. The van der Waals surface area contributed by atoms with E-state index in [-0.39, 0.29) is 11.2 Å². The number of carbonyl (C=O) groups excluding carboxylic acids is 1. The highest BCUT2D eigenvalue weighted by Crippen LogP contribution is 2.28. The Bertz CT molecular complexity index is 1450. The van der Waals surface area contributed by atoms with Crippen molar-refractivity contribution in [3.05, 3.63) is 99.3 Å². The van der Waals surface area contributed by atoms with Gasteiger partial charge in [-0.1, -0.05) is 61.0 Å². The second-order valence-electron chi connectivity index (χ2n) is 9.31. The Morgan fingerprint density at radius 1 is 1.05 bits per heavy atom. The predicted molar refractivity (Wildman–Crippen MR) is 150 cm³/mol. The van der Waals surface area contributed by atoms with Gasteiger partial charge in [-0.15, -0.1) is 0 Å². The second-order valence-corrected chi connectivity index (χ2v) is 10.2. The van der Waals surface area contributed by atoms with E-state index in [1.54, 1.807) is 33.7 Å². The van der Waals surface area contributed by atoms with E-state index >= 15 is 0 Å². The summed E-state index contributed by atoms with van der Waals surface area (Å²) in [5.74, 6) is 0.281. The molecular weight excluding hydrogens is 535 g/mol. The number of fused-ring (bicyclic) bond motifs is 1. The summed E-state index contributed by atoms with van der Waals surface area (Å²) in [5, 5.41) is 3.22. The molecule has 1 unspecified atom stereocenters. The fourth-order valence-corrected chi connectivity index (χ4v) is 4.57. The van der Waals surface area contributed by atoms with Crippen molar-refractivity contribution in [2.45, 2.75) is 39.7 Å². The van der Waals surface area contributed by atoms with Gasteiger partial charge in [0.25, 0.3) is 5.56 Å². The van der Waals surface area contributed by atoms with Gasteiger partial charge in [0.15, 0.2) is 0 Å². The SMILES string of the molecule is CCC(c1nc2ccccc2c(=O)n1-c1ccc(Br)cc1)N(CCC(C)C)C(=O)Nc1ccccc1F. The van der Waals surface area contributed by atoms with Gasteiger partial charge in [-0.3, -0.25) is 9.36 Å². The minimum absolute atomic E-state index is 0.105. The molecule has 1 N–H and O–H groups in total. The third-order valence-corrected chi connectivity index (χ3v) is 6.80. The Morgan fingerprint density at radius 3 is 2.41 bits per heavy atom. The summed E-state index contributed by atoms with van der Waals surface area (Å²) < 4.78 is 16.9. The number of hydrogen-bond acceptors (Lipinski definition) is 3. The first kappa shape index (κ1) is 26.5. The number of hydrogen-bond donors (Lipinski definition) is 1. The topological polar surface area (TPSA) is 67.2 Å². The molecule has 4 rings (SSSR count). The van der Waals surface area contributed by atoms with Gasteiger partial charge in [0.2, 0.25) is 0 Å². The number of amides is 2. The van der Waals surface area contributed by atoms with Gasteiger partial charge in [0.05, 0.1) is 28.3 Å². The number of anilines is 1. The van der Waals surface area contributed by atoms with Gasteiger partial charge in [-0.05, 0) is 67.3 Å². The van der Waals surface area contributed by atoms with Crippen molar-refractivity contribution >= 4 is 38.6 Å².